The molecule has 20 heavy (non-hydrogen) atoms. The molecule has 2 rings (SSSR count). The van der Waals surface area contributed by atoms with E-state index in [1.54, 1.807) is 30.4 Å². The SMILES string of the molecule is O=C(CCSc1ccccc1)N/N=C/c1ccncc1. The molecule has 0 aliphatic heterocycles. The molecule has 4 nitrogen and oxygen atoms in total. The molecule has 0 aliphatic rings. The number of pyridine rings is 1. The van der Waals surface area contributed by atoms with Crippen molar-refractivity contribution >= 4 is 23.9 Å². The summed E-state index contributed by atoms with van der Waals surface area (Å²) in [6.45, 7) is 0. The number of aromatic nitrogens is 1. The lowest BCUT2D eigenvalue weighted by atomic mass is 10.3. The summed E-state index contributed by atoms with van der Waals surface area (Å²) in [5.41, 5.74) is 3.42. The average Bonchev–Trinajstić information content (AvgIpc) is 2.49. The van der Waals surface area contributed by atoms with Crippen LogP contribution in [0.3, 0.4) is 0 Å². The minimum Gasteiger partial charge on any atom is -0.273 e. The van der Waals surface area contributed by atoms with E-state index in [1.165, 1.54) is 4.90 Å². The van der Waals surface area contributed by atoms with Crippen molar-refractivity contribution in [3.8, 4) is 0 Å². The van der Waals surface area contributed by atoms with Crippen LogP contribution in [0.25, 0.3) is 0 Å². The predicted molar refractivity (Wildman–Crippen MR) is 81.8 cm³/mol. The van der Waals surface area contributed by atoms with Crippen LogP contribution < -0.4 is 5.43 Å². The van der Waals surface area contributed by atoms with Crippen LogP contribution in [0.5, 0.6) is 0 Å². The van der Waals surface area contributed by atoms with Crippen LogP contribution in [0.15, 0.2) is 64.9 Å². The summed E-state index contributed by atoms with van der Waals surface area (Å²) in [6.07, 6.45) is 5.40. The Labute approximate surface area is 122 Å². The summed E-state index contributed by atoms with van der Waals surface area (Å²) in [5.74, 6) is 0.652. The molecule has 0 atom stereocenters. The first-order chi connectivity index (χ1) is 9.84. The van der Waals surface area contributed by atoms with E-state index in [1.807, 2.05) is 42.5 Å². The maximum absolute atomic E-state index is 11.6. The lowest BCUT2D eigenvalue weighted by Gasteiger charge is -2.00. The van der Waals surface area contributed by atoms with Gasteiger partial charge < -0.3 is 0 Å². The van der Waals surface area contributed by atoms with Gasteiger partial charge in [-0.15, -0.1) is 11.8 Å². The number of rotatable bonds is 6. The summed E-state index contributed by atoms with van der Waals surface area (Å²) in [4.78, 5) is 16.6. The van der Waals surface area contributed by atoms with Crippen LogP contribution >= 0.6 is 11.8 Å². The topological polar surface area (TPSA) is 54.4 Å². The van der Waals surface area contributed by atoms with Gasteiger partial charge in [-0.05, 0) is 29.8 Å². The number of thioether (sulfide) groups is 1. The van der Waals surface area contributed by atoms with Crippen LogP contribution in [-0.4, -0.2) is 22.9 Å². The maximum Gasteiger partial charge on any atom is 0.240 e. The molecule has 0 saturated heterocycles. The Morgan fingerprint density at radius 2 is 1.95 bits per heavy atom. The smallest absolute Gasteiger partial charge is 0.240 e. The molecule has 0 unspecified atom stereocenters. The number of nitrogens with zero attached hydrogens (tertiary/aromatic N) is 2. The molecular formula is C15H15N3OS. The van der Waals surface area contributed by atoms with E-state index in [9.17, 15) is 4.79 Å². The van der Waals surface area contributed by atoms with Gasteiger partial charge in [-0.3, -0.25) is 9.78 Å². The molecule has 2 aromatic rings. The fraction of sp³-hybridized carbons (Fsp3) is 0.133. The first-order valence-electron chi connectivity index (χ1n) is 6.24. The van der Waals surface area contributed by atoms with Crippen molar-refractivity contribution < 1.29 is 4.79 Å². The molecule has 1 amide bonds. The number of hydrogen-bond donors (Lipinski definition) is 1. The van der Waals surface area contributed by atoms with Crippen LogP contribution in [0, 0.1) is 0 Å². The van der Waals surface area contributed by atoms with Crippen molar-refractivity contribution in [3.63, 3.8) is 0 Å². The molecule has 1 aromatic heterocycles. The van der Waals surface area contributed by atoms with Gasteiger partial charge in [-0.1, -0.05) is 18.2 Å². The molecule has 0 bridgehead atoms. The summed E-state index contributed by atoms with van der Waals surface area (Å²) >= 11 is 1.66. The second-order valence-corrected chi connectivity index (χ2v) is 5.15. The third kappa shape index (κ3) is 5.24. The number of carbonyl (C=O) groups is 1. The summed E-state index contributed by atoms with van der Waals surface area (Å²) < 4.78 is 0. The molecular weight excluding hydrogens is 270 g/mol. The molecule has 0 spiro atoms. The van der Waals surface area contributed by atoms with Gasteiger partial charge in [0.1, 0.15) is 0 Å². The third-order valence-electron chi connectivity index (χ3n) is 2.45. The van der Waals surface area contributed by atoms with Gasteiger partial charge in [0.2, 0.25) is 5.91 Å². The van der Waals surface area contributed by atoms with Crippen LogP contribution in [0.1, 0.15) is 12.0 Å². The number of hydrazone groups is 1. The zero-order valence-electron chi connectivity index (χ0n) is 10.9. The van der Waals surface area contributed by atoms with E-state index in [4.69, 9.17) is 0 Å². The highest BCUT2D eigenvalue weighted by Gasteiger charge is 2.00. The molecule has 0 saturated carbocycles. The normalized spacial score (nSPS) is 10.6. The fourth-order valence-electron chi connectivity index (χ4n) is 1.46. The lowest BCUT2D eigenvalue weighted by Crippen LogP contribution is -2.17. The summed E-state index contributed by atoms with van der Waals surface area (Å²) in [5, 5.41) is 3.91. The zero-order chi connectivity index (χ0) is 14.0. The van der Waals surface area contributed by atoms with Crippen LogP contribution in [0.4, 0.5) is 0 Å². The molecule has 0 radical (unpaired) electrons. The number of benzene rings is 1. The Hall–Kier alpha value is -2.14. The largest absolute Gasteiger partial charge is 0.273 e. The van der Waals surface area contributed by atoms with Crippen molar-refractivity contribution in [3.05, 3.63) is 60.4 Å². The van der Waals surface area contributed by atoms with Gasteiger partial charge in [0.15, 0.2) is 0 Å². The molecule has 102 valence electrons. The second-order valence-electron chi connectivity index (χ2n) is 3.99. The highest BCUT2D eigenvalue weighted by molar-refractivity contribution is 7.99. The molecule has 1 N–H and O–H groups in total. The Kier molecular flexibility index (Phi) is 5.79. The van der Waals surface area contributed by atoms with Gasteiger partial charge in [-0.2, -0.15) is 5.10 Å². The molecule has 5 heteroatoms. The minimum atomic E-state index is -0.0845. The summed E-state index contributed by atoms with van der Waals surface area (Å²) in [6, 6.07) is 13.7. The van der Waals surface area contributed by atoms with Gasteiger partial charge in [0, 0.05) is 29.5 Å². The van der Waals surface area contributed by atoms with Gasteiger partial charge in [0.25, 0.3) is 0 Å². The summed E-state index contributed by atoms with van der Waals surface area (Å²) in [7, 11) is 0. The Morgan fingerprint density at radius 3 is 2.70 bits per heavy atom. The standard InChI is InChI=1S/C15H15N3OS/c19-15(8-11-20-14-4-2-1-3-5-14)18-17-12-13-6-9-16-10-7-13/h1-7,9-10,12H,8,11H2,(H,18,19)/b17-12+. The van der Waals surface area contributed by atoms with Gasteiger partial charge >= 0.3 is 0 Å². The van der Waals surface area contributed by atoms with Crippen molar-refractivity contribution in [2.24, 2.45) is 5.10 Å². The minimum absolute atomic E-state index is 0.0845. The fourth-order valence-corrected chi connectivity index (χ4v) is 2.34. The predicted octanol–water partition coefficient (Wildman–Crippen LogP) is 2.71. The van der Waals surface area contributed by atoms with Crippen molar-refractivity contribution in [2.75, 3.05) is 5.75 Å². The first-order valence-corrected chi connectivity index (χ1v) is 7.23. The van der Waals surface area contributed by atoms with E-state index < -0.39 is 0 Å². The first kappa shape index (κ1) is 14.3. The van der Waals surface area contributed by atoms with E-state index >= 15 is 0 Å². The quantitative estimate of drug-likeness (QED) is 0.504. The maximum atomic E-state index is 11.6. The third-order valence-corrected chi connectivity index (χ3v) is 3.46. The highest BCUT2D eigenvalue weighted by Crippen LogP contribution is 2.17. The number of nitrogens with one attached hydrogen (secondary N) is 1. The average molecular weight is 285 g/mol. The van der Waals surface area contributed by atoms with E-state index in [-0.39, 0.29) is 5.91 Å². The monoisotopic (exact) mass is 285 g/mol. The van der Waals surface area contributed by atoms with Crippen molar-refractivity contribution in [2.45, 2.75) is 11.3 Å². The molecule has 1 heterocycles. The Bertz CT molecular complexity index is 558. The van der Waals surface area contributed by atoms with Crippen LogP contribution in [-0.2, 0) is 4.79 Å². The van der Waals surface area contributed by atoms with Crippen molar-refractivity contribution in [1.82, 2.24) is 10.4 Å². The highest BCUT2D eigenvalue weighted by atomic mass is 32.2. The van der Waals surface area contributed by atoms with Gasteiger partial charge in [-0.25, -0.2) is 5.43 Å². The van der Waals surface area contributed by atoms with Gasteiger partial charge in [0.05, 0.1) is 6.21 Å². The van der Waals surface area contributed by atoms with E-state index in [0.717, 1.165) is 11.3 Å². The number of carbonyl (C=O) groups excluding carboxylic acids is 1. The second kappa shape index (κ2) is 8.12. The van der Waals surface area contributed by atoms with E-state index in [2.05, 4.69) is 15.5 Å². The van der Waals surface area contributed by atoms with Crippen LogP contribution in [0.2, 0.25) is 0 Å². The van der Waals surface area contributed by atoms with E-state index in [0.29, 0.717) is 6.42 Å². The molecule has 0 aliphatic carbocycles. The Balaban J connectivity index is 1.67. The Morgan fingerprint density at radius 1 is 1.20 bits per heavy atom. The number of amides is 1. The lowest BCUT2D eigenvalue weighted by molar-refractivity contribution is -0.120. The van der Waals surface area contributed by atoms with Crippen molar-refractivity contribution in [1.29, 1.82) is 0 Å². The number of hydrogen-bond acceptors (Lipinski definition) is 4. The molecule has 1 aromatic carbocycles. The zero-order valence-corrected chi connectivity index (χ0v) is 11.7. The molecule has 0 fully saturated rings.